The van der Waals surface area contributed by atoms with Gasteiger partial charge in [0.05, 0.1) is 12.5 Å². The number of hydrogen-bond donors (Lipinski definition) is 3. The lowest BCUT2D eigenvalue weighted by Gasteiger charge is -2.27. The van der Waals surface area contributed by atoms with E-state index in [-0.39, 0.29) is 21.7 Å². The smallest absolute Gasteiger partial charge is 0.328 e. The predicted octanol–water partition coefficient (Wildman–Crippen LogP) is 0.844. The minimum absolute atomic E-state index is 0.0134. The van der Waals surface area contributed by atoms with Crippen LogP contribution in [-0.4, -0.2) is 65.3 Å². The van der Waals surface area contributed by atoms with E-state index in [2.05, 4.69) is 10.6 Å². The van der Waals surface area contributed by atoms with Crippen molar-refractivity contribution >= 4 is 51.5 Å². The molecule has 9 nitrogen and oxygen atoms in total. The minimum atomic E-state index is -1.03. The number of thioether (sulfide) groups is 2. The molecule has 0 unspecified atom stereocenters. The zero-order chi connectivity index (χ0) is 23.3. The molecule has 0 aliphatic heterocycles. The molecule has 0 bridgehead atoms. The van der Waals surface area contributed by atoms with E-state index in [1.165, 1.54) is 21.0 Å². The molecule has 0 spiro atoms. The fourth-order valence-electron chi connectivity index (χ4n) is 2.24. The first-order valence-corrected chi connectivity index (χ1v) is 11.6. The van der Waals surface area contributed by atoms with Gasteiger partial charge in [-0.3, -0.25) is 19.2 Å². The van der Waals surface area contributed by atoms with E-state index < -0.39 is 35.3 Å². The molecule has 0 aromatic heterocycles. The van der Waals surface area contributed by atoms with Crippen LogP contribution < -0.4 is 16.4 Å². The van der Waals surface area contributed by atoms with Crippen LogP contribution in [0.15, 0.2) is 0 Å². The molecule has 0 saturated carbocycles. The average molecular weight is 464 g/mol. The second kappa shape index (κ2) is 14.4. The van der Waals surface area contributed by atoms with Gasteiger partial charge in [0.15, 0.2) is 10.2 Å². The highest BCUT2D eigenvalue weighted by atomic mass is 32.2. The van der Waals surface area contributed by atoms with E-state index in [9.17, 15) is 24.0 Å². The molecule has 0 aliphatic carbocycles. The monoisotopic (exact) mass is 463 g/mol. The molecule has 2 amide bonds. The number of carbonyl (C=O) groups excluding carboxylic acids is 5. The molecular weight excluding hydrogens is 430 g/mol. The SMILES string of the molecule is COC(=O)[C@H](CCCCN)NC(=O)[C@H](CSC(C)=O)NC(=O)C(C)(C)CSC(C)=O. The molecule has 11 heteroatoms. The van der Waals surface area contributed by atoms with Gasteiger partial charge in [-0.25, -0.2) is 4.79 Å². The number of nitrogens with one attached hydrogen (secondary N) is 2. The number of hydrogen-bond acceptors (Lipinski definition) is 9. The van der Waals surface area contributed by atoms with Crippen LogP contribution in [0.5, 0.6) is 0 Å². The number of rotatable bonds is 13. The number of unbranched alkanes of at least 4 members (excludes halogenated alkanes) is 1. The van der Waals surface area contributed by atoms with Crippen LogP contribution in [0.25, 0.3) is 0 Å². The summed E-state index contributed by atoms with van der Waals surface area (Å²) in [7, 11) is 1.23. The highest BCUT2D eigenvalue weighted by Crippen LogP contribution is 2.23. The summed E-state index contributed by atoms with van der Waals surface area (Å²) in [6.45, 7) is 6.56. The van der Waals surface area contributed by atoms with E-state index in [0.29, 0.717) is 25.8 Å². The maximum Gasteiger partial charge on any atom is 0.328 e. The maximum atomic E-state index is 12.8. The first-order valence-electron chi connectivity index (χ1n) is 9.60. The second-order valence-electron chi connectivity index (χ2n) is 7.36. The Hall–Kier alpha value is -1.59. The second-order valence-corrected chi connectivity index (χ2v) is 9.71. The molecule has 0 saturated heterocycles. The number of esters is 1. The van der Waals surface area contributed by atoms with Gasteiger partial charge >= 0.3 is 5.97 Å². The Labute approximate surface area is 186 Å². The van der Waals surface area contributed by atoms with Crippen molar-refractivity contribution in [3.8, 4) is 0 Å². The van der Waals surface area contributed by atoms with E-state index in [0.717, 1.165) is 23.5 Å². The highest BCUT2D eigenvalue weighted by Gasteiger charge is 2.33. The van der Waals surface area contributed by atoms with Gasteiger partial charge < -0.3 is 21.1 Å². The Bertz CT molecular complexity index is 627. The molecule has 0 aromatic carbocycles. The van der Waals surface area contributed by atoms with Gasteiger partial charge in [-0.2, -0.15) is 0 Å². The quantitative estimate of drug-likeness (QED) is 0.267. The third-order valence-corrected chi connectivity index (χ3v) is 6.25. The molecule has 30 heavy (non-hydrogen) atoms. The Morgan fingerprint density at radius 3 is 2.07 bits per heavy atom. The average Bonchev–Trinajstić information content (AvgIpc) is 2.67. The van der Waals surface area contributed by atoms with Gasteiger partial charge in [-0.15, -0.1) is 0 Å². The van der Waals surface area contributed by atoms with Crippen molar-refractivity contribution in [1.82, 2.24) is 10.6 Å². The van der Waals surface area contributed by atoms with Gasteiger partial charge in [0.25, 0.3) is 0 Å². The van der Waals surface area contributed by atoms with Crippen molar-refractivity contribution in [2.75, 3.05) is 25.2 Å². The standard InChI is InChI=1S/C19H33N3O6S2/c1-12(23)29-10-15(22-18(27)19(3,4)11-30-13(2)24)16(25)21-14(17(26)28-5)8-6-7-9-20/h14-15H,6-11,20H2,1-5H3,(H,21,25)(H,22,27)/t14-,15-/m0/s1. The highest BCUT2D eigenvalue weighted by molar-refractivity contribution is 8.13. The molecule has 0 aliphatic rings. The van der Waals surface area contributed by atoms with Crippen molar-refractivity contribution in [2.24, 2.45) is 11.1 Å². The van der Waals surface area contributed by atoms with E-state index in [1.807, 2.05) is 0 Å². The molecule has 0 rings (SSSR count). The van der Waals surface area contributed by atoms with Crippen LogP contribution >= 0.6 is 23.5 Å². The lowest BCUT2D eigenvalue weighted by molar-refractivity contribution is -0.145. The van der Waals surface area contributed by atoms with Crippen LogP contribution in [0.3, 0.4) is 0 Å². The van der Waals surface area contributed by atoms with E-state index >= 15 is 0 Å². The molecular formula is C19H33N3O6S2. The predicted molar refractivity (Wildman–Crippen MR) is 119 cm³/mol. The van der Waals surface area contributed by atoms with Crippen molar-refractivity contribution in [3.05, 3.63) is 0 Å². The zero-order valence-corrected chi connectivity index (χ0v) is 19.9. The third-order valence-electron chi connectivity index (χ3n) is 4.08. The first kappa shape index (κ1) is 28.4. The molecule has 4 N–H and O–H groups in total. The topological polar surface area (TPSA) is 145 Å². The summed E-state index contributed by atoms with van der Waals surface area (Å²) in [5, 5.41) is 4.93. The van der Waals surface area contributed by atoms with Crippen LogP contribution in [0.4, 0.5) is 0 Å². The Kier molecular flexibility index (Phi) is 13.7. The normalized spacial score (nSPS) is 13.1. The van der Waals surface area contributed by atoms with Crippen LogP contribution in [0.2, 0.25) is 0 Å². The molecule has 2 atom stereocenters. The van der Waals surface area contributed by atoms with Gasteiger partial charge in [0.1, 0.15) is 12.1 Å². The lowest BCUT2D eigenvalue weighted by Crippen LogP contribution is -2.55. The van der Waals surface area contributed by atoms with E-state index in [1.54, 1.807) is 13.8 Å². The van der Waals surface area contributed by atoms with Crippen molar-refractivity contribution < 1.29 is 28.7 Å². The fraction of sp³-hybridized carbons (Fsp3) is 0.737. The Balaban J connectivity index is 5.29. The summed E-state index contributed by atoms with van der Waals surface area (Å²) in [6.07, 6.45) is 1.65. The number of nitrogens with two attached hydrogens (primary N) is 1. The number of methoxy groups -OCH3 is 1. The van der Waals surface area contributed by atoms with Crippen LogP contribution in [0, 0.1) is 5.41 Å². The Morgan fingerprint density at radius 1 is 0.967 bits per heavy atom. The number of amides is 2. The molecule has 0 heterocycles. The van der Waals surface area contributed by atoms with E-state index in [4.69, 9.17) is 10.5 Å². The largest absolute Gasteiger partial charge is 0.467 e. The minimum Gasteiger partial charge on any atom is -0.467 e. The zero-order valence-electron chi connectivity index (χ0n) is 18.2. The van der Waals surface area contributed by atoms with Crippen molar-refractivity contribution in [3.63, 3.8) is 0 Å². The van der Waals surface area contributed by atoms with Crippen molar-refractivity contribution in [2.45, 2.75) is 59.0 Å². The van der Waals surface area contributed by atoms with Crippen LogP contribution in [0.1, 0.15) is 47.0 Å². The Morgan fingerprint density at radius 2 is 1.57 bits per heavy atom. The van der Waals surface area contributed by atoms with Crippen molar-refractivity contribution in [1.29, 1.82) is 0 Å². The van der Waals surface area contributed by atoms with Gasteiger partial charge in [0, 0.05) is 25.4 Å². The summed E-state index contributed by atoms with van der Waals surface area (Å²) in [5.74, 6) is -1.36. The summed E-state index contributed by atoms with van der Waals surface area (Å²) in [4.78, 5) is 60.1. The first-order chi connectivity index (χ1) is 13.9. The molecule has 172 valence electrons. The van der Waals surface area contributed by atoms with Crippen LogP contribution in [-0.2, 0) is 28.7 Å². The van der Waals surface area contributed by atoms with Gasteiger partial charge in [-0.1, -0.05) is 37.4 Å². The summed E-state index contributed by atoms with van der Waals surface area (Å²) in [6, 6.07) is -1.91. The molecule has 0 aromatic rings. The number of ether oxygens (including phenoxy) is 1. The maximum absolute atomic E-state index is 12.8. The third kappa shape index (κ3) is 11.6. The molecule has 0 fully saturated rings. The molecule has 0 radical (unpaired) electrons. The summed E-state index contributed by atoms with van der Waals surface area (Å²) in [5.41, 5.74) is 4.55. The summed E-state index contributed by atoms with van der Waals surface area (Å²) >= 11 is 1.91. The fourth-order valence-corrected chi connectivity index (χ4v) is 3.57. The number of carbonyl (C=O) groups is 5. The van der Waals surface area contributed by atoms with Gasteiger partial charge in [-0.05, 0) is 25.8 Å². The summed E-state index contributed by atoms with van der Waals surface area (Å²) < 4.78 is 4.75. The lowest BCUT2D eigenvalue weighted by atomic mass is 9.95. The van der Waals surface area contributed by atoms with Gasteiger partial charge in [0.2, 0.25) is 11.8 Å².